The highest BCUT2D eigenvalue weighted by molar-refractivity contribution is 5.92. The third-order valence-electron chi connectivity index (χ3n) is 5.10. The summed E-state index contributed by atoms with van der Waals surface area (Å²) in [6, 6.07) is 7.77. The van der Waals surface area contributed by atoms with Gasteiger partial charge < -0.3 is 16.0 Å². The molecule has 6 heteroatoms. The number of carbonyl (C=O) groups is 2. The van der Waals surface area contributed by atoms with Gasteiger partial charge in [-0.3, -0.25) is 9.59 Å². The van der Waals surface area contributed by atoms with E-state index in [1.54, 1.807) is 0 Å². The number of hydrogen-bond donors (Lipinski definition) is 3. The van der Waals surface area contributed by atoms with Crippen LogP contribution in [0.4, 0.5) is 5.69 Å². The van der Waals surface area contributed by atoms with Crippen LogP contribution in [0, 0.1) is 11.8 Å². The number of piperidine rings is 1. The van der Waals surface area contributed by atoms with Crippen molar-refractivity contribution in [2.24, 2.45) is 11.8 Å². The van der Waals surface area contributed by atoms with Gasteiger partial charge in [-0.05, 0) is 56.5 Å². The van der Waals surface area contributed by atoms with Crippen LogP contribution in [0.5, 0.6) is 0 Å². The van der Waals surface area contributed by atoms with Crippen molar-refractivity contribution in [2.75, 3.05) is 18.4 Å². The first-order valence-electron chi connectivity index (χ1n) is 9.10. The van der Waals surface area contributed by atoms with Crippen LogP contribution in [-0.2, 0) is 16.1 Å². The lowest BCUT2D eigenvalue weighted by Gasteiger charge is -2.21. The Labute approximate surface area is 155 Å². The molecule has 138 valence electrons. The monoisotopic (exact) mass is 365 g/mol. The summed E-state index contributed by atoms with van der Waals surface area (Å²) in [6.45, 7) is 2.34. The zero-order chi connectivity index (χ0) is 16.8. The van der Waals surface area contributed by atoms with Gasteiger partial charge in [0.1, 0.15) is 0 Å². The fourth-order valence-corrected chi connectivity index (χ4v) is 3.61. The van der Waals surface area contributed by atoms with Gasteiger partial charge in [-0.25, -0.2) is 0 Å². The van der Waals surface area contributed by atoms with E-state index in [9.17, 15) is 9.59 Å². The molecular weight excluding hydrogens is 338 g/mol. The summed E-state index contributed by atoms with van der Waals surface area (Å²) in [4.78, 5) is 24.4. The van der Waals surface area contributed by atoms with Crippen LogP contribution in [-0.4, -0.2) is 24.9 Å². The molecule has 25 heavy (non-hydrogen) atoms. The molecule has 1 saturated heterocycles. The highest BCUT2D eigenvalue weighted by atomic mass is 35.5. The Morgan fingerprint density at radius 3 is 2.40 bits per heavy atom. The van der Waals surface area contributed by atoms with Gasteiger partial charge in [0, 0.05) is 24.1 Å². The van der Waals surface area contributed by atoms with E-state index in [1.165, 1.54) is 0 Å². The van der Waals surface area contributed by atoms with E-state index in [0.29, 0.717) is 6.54 Å². The number of benzene rings is 1. The van der Waals surface area contributed by atoms with E-state index >= 15 is 0 Å². The third kappa shape index (κ3) is 5.72. The van der Waals surface area contributed by atoms with Crippen LogP contribution in [0.25, 0.3) is 0 Å². The Hall–Kier alpha value is -1.59. The second kappa shape index (κ2) is 9.78. The molecule has 1 heterocycles. The molecule has 5 nitrogen and oxygen atoms in total. The Morgan fingerprint density at radius 2 is 1.68 bits per heavy atom. The lowest BCUT2D eigenvalue weighted by Crippen LogP contribution is -2.37. The average molecular weight is 366 g/mol. The van der Waals surface area contributed by atoms with Gasteiger partial charge in [-0.15, -0.1) is 12.4 Å². The summed E-state index contributed by atoms with van der Waals surface area (Å²) >= 11 is 0. The number of carbonyl (C=O) groups excluding carboxylic acids is 2. The lowest BCUT2D eigenvalue weighted by atomic mass is 9.97. The Kier molecular flexibility index (Phi) is 7.72. The summed E-state index contributed by atoms with van der Waals surface area (Å²) in [7, 11) is 0. The quantitative estimate of drug-likeness (QED) is 0.751. The molecule has 2 amide bonds. The Balaban J connectivity index is 0.00000225. The van der Waals surface area contributed by atoms with Gasteiger partial charge in [0.05, 0.1) is 0 Å². The van der Waals surface area contributed by atoms with Crippen molar-refractivity contribution < 1.29 is 9.59 Å². The molecule has 2 aliphatic rings. The summed E-state index contributed by atoms with van der Waals surface area (Å²) in [5, 5.41) is 9.31. The largest absolute Gasteiger partial charge is 0.352 e. The third-order valence-corrected chi connectivity index (χ3v) is 5.10. The topological polar surface area (TPSA) is 70.2 Å². The maximum absolute atomic E-state index is 12.2. The standard InChI is InChI=1S/C19H27N3O2.ClH/c23-18(16-8-10-20-11-9-16)21-13-14-4-3-7-17(12-14)22-19(24)15-5-1-2-6-15;/h3-4,7,12,15-16,20H,1-2,5-6,8-11,13H2,(H,21,23)(H,22,24);1H. The normalized spacial score (nSPS) is 18.4. The van der Waals surface area contributed by atoms with Crippen molar-refractivity contribution in [3.05, 3.63) is 29.8 Å². The predicted molar refractivity (Wildman–Crippen MR) is 102 cm³/mol. The number of rotatable bonds is 5. The number of nitrogens with one attached hydrogen (secondary N) is 3. The minimum Gasteiger partial charge on any atom is -0.352 e. The molecule has 1 aliphatic carbocycles. The van der Waals surface area contributed by atoms with Crippen LogP contribution in [0.3, 0.4) is 0 Å². The summed E-state index contributed by atoms with van der Waals surface area (Å²) in [5.41, 5.74) is 1.84. The molecule has 0 atom stereocenters. The molecule has 3 rings (SSSR count). The number of halogens is 1. The highest BCUT2D eigenvalue weighted by Gasteiger charge is 2.23. The minimum atomic E-state index is 0. The summed E-state index contributed by atoms with van der Waals surface area (Å²) < 4.78 is 0. The zero-order valence-corrected chi connectivity index (χ0v) is 15.4. The van der Waals surface area contributed by atoms with Crippen LogP contribution in [0.2, 0.25) is 0 Å². The minimum absolute atomic E-state index is 0. The van der Waals surface area contributed by atoms with Crippen LogP contribution in [0.15, 0.2) is 24.3 Å². The Morgan fingerprint density at radius 1 is 1.00 bits per heavy atom. The van der Waals surface area contributed by atoms with Crippen LogP contribution in [0.1, 0.15) is 44.1 Å². The first kappa shape index (κ1) is 19.7. The van der Waals surface area contributed by atoms with Crippen molar-refractivity contribution in [3.8, 4) is 0 Å². The average Bonchev–Trinajstić information content (AvgIpc) is 3.15. The molecule has 1 saturated carbocycles. The second-order valence-corrected chi connectivity index (χ2v) is 6.91. The zero-order valence-electron chi connectivity index (χ0n) is 14.6. The number of amides is 2. The predicted octanol–water partition coefficient (Wildman–Crippen LogP) is 2.85. The van der Waals surface area contributed by atoms with E-state index in [4.69, 9.17) is 0 Å². The number of anilines is 1. The van der Waals surface area contributed by atoms with Crippen molar-refractivity contribution >= 4 is 29.9 Å². The second-order valence-electron chi connectivity index (χ2n) is 6.91. The lowest BCUT2D eigenvalue weighted by molar-refractivity contribution is -0.126. The summed E-state index contributed by atoms with van der Waals surface area (Å²) in [5.74, 6) is 0.546. The molecule has 2 fully saturated rings. The molecule has 0 spiro atoms. The van der Waals surface area contributed by atoms with Gasteiger partial charge in [0.25, 0.3) is 0 Å². The molecule has 3 N–H and O–H groups in total. The maximum atomic E-state index is 12.2. The summed E-state index contributed by atoms with van der Waals surface area (Å²) in [6.07, 6.45) is 6.12. The molecular formula is C19H28ClN3O2. The first-order chi connectivity index (χ1) is 11.7. The van der Waals surface area contributed by atoms with E-state index in [2.05, 4.69) is 16.0 Å². The van der Waals surface area contributed by atoms with E-state index in [1.807, 2.05) is 24.3 Å². The van der Waals surface area contributed by atoms with Gasteiger partial charge >= 0.3 is 0 Å². The first-order valence-corrected chi connectivity index (χ1v) is 9.10. The SMILES string of the molecule is Cl.O=C(NCc1cccc(NC(=O)C2CCCC2)c1)C1CCNCC1. The number of hydrogen-bond acceptors (Lipinski definition) is 3. The van der Waals surface area contributed by atoms with E-state index in [-0.39, 0.29) is 36.1 Å². The smallest absolute Gasteiger partial charge is 0.227 e. The molecule has 0 aromatic heterocycles. The fraction of sp³-hybridized carbons (Fsp3) is 0.579. The maximum Gasteiger partial charge on any atom is 0.227 e. The molecule has 0 radical (unpaired) electrons. The fourth-order valence-electron chi connectivity index (χ4n) is 3.61. The van der Waals surface area contributed by atoms with E-state index < -0.39 is 0 Å². The molecule has 0 bridgehead atoms. The Bertz CT molecular complexity index is 582. The van der Waals surface area contributed by atoms with E-state index in [0.717, 1.165) is 62.9 Å². The van der Waals surface area contributed by atoms with Gasteiger partial charge in [0.15, 0.2) is 0 Å². The van der Waals surface area contributed by atoms with Crippen molar-refractivity contribution in [3.63, 3.8) is 0 Å². The molecule has 1 aromatic rings. The molecule has 0 unspecified atom stereocenters. The van der Waals surface area contributed by atoms with Crippen LogP contribution >= 0.6 is 12.4 Å². The molecule has 1 aromatic carbocycles. The van der Waals surface area contributed by atoms with Gasteiger partial charge in [-0.1, -0.05) is 25.0 Å². The van der Waals surface area contributed by atoms with Crippen molar-refractivity contribution in [1.29, 1.82) is 0 Å². The van der Waals surface area contributed by atoms with Gasteiger partial charge in [0.2, 0.25) is 11.8 Å². The highest BCUT2D eigenvalue weighted by Crippen LogP contribution is 2.26. The van der Waals surface area contributed by atoms with Crippen molar-refractivity contribution in [1.82, 2.24) is 10.6 Å². The van der Waals surface area contributed by atoms with Crippen molar-refractivity contribution in [2.45, 2.75) is 45.1 Å². The molecule has 1 aliphatic heterocycles. The van der Waals surface area contributed by atoms with Gasteiger partial charge in [-0.2, -0.15) is 0 Å². The van der Waals surface area contributed by atoms with Crippen LogP contribution < -0.4 is 16.0 Å².